The van der Waals surface area contributed by atoms with Crippen LogP contribution in [0.2, 0.25) is 0 Å². The average Bonchev–Trinajstić information content (AvgIpc) is 3.07. The summed E-state index contributed by atoms with van der Waals surface area (Å²) < 4.78 is 0. The molecule has 108 valence electrons. The number of anilines is 1. The molecule has 0 aliphatic heterocycles. The monoisotopic (exact) mass is 308 g/mol. The Morgan fingerprint density at radius 2 is 1.95 bits per heavy atom. The zero-order valence-electron chi connectivity index (χ0n) is 12.0. The lowest BCUT2D eigenvalue weighted by atomic mass is 9.90. The smallest absolute Gasteiger partial charge is 0.206 e. The fraction of sp³-hybridized carbons (Fsp3) is 0.643. The summed E-state index contributed by atoms with van der Waals surface area (Å²) in [5.41, 5.74) is 1.11. The predicted molar refractivity (Wildman–Crippen MR) is 85.7 cm³/mol. The van der Waals surface area contributed by atoms with Crippen LogP contribution in [-0.2, 0) is 0 Å². The molecule has 0 aromatic carbocycles. The molecule has 0 saturated heterocycles. The van der Waals surface area contributed by atoms with Crippen LogP contribution in [0.4, 0.5) is 5.13 Å². The fourth-order valence-electron chi connectivity index (χ4n) is 2.68. The zero-order chi connectivity index (χ0) is 13.9. The highest BCUT2D eigenvalue weighted by atomic mass is 32.1. The van der Waals surface area contributed by atoms with Crippen molar-refractivity contribution in [2.24, 2.45) is 0 Å². The lowest BCUT2D eigenvalue weighted by Gasteiger charge is -2.18. The van der Waals surface area contributed by atoms with Gasteiger partial charge in [-0.05, 0) is 26.7 Å². The van der Waals surface area contributed by atoms with Gasteiger partial charge in [-0.25, -0.2) is 4.98 Å². The molecule has 0 radical (unpaired) electrons. The molecule has 0 atom stereocenters. The second-order valence-electron chi connectivity index (χ2n) is 5.24. The van der Waals surface area contributed by atoms with Crippen molar-refractivity contribution >= 4 is 27.8 Å². The Labute approximate surface area is 127 Å². The Kier molecular flexibility index (Phi) is 4.31. The van der Waals surface area contributed by atoms with E-state index in [1.807, 2.05) is 11.3 Å². The van der Waals surface area contributed by atoms with Crippen molar-refractivity contribution in [1.82, 2.24) is 15.2 Å². The number of hydrogen-bond donors (Lipinski definition) is 1. The van der Waals surface area contributed by atoms with Crippen molar-refractivity contribution < 1.29 is 0 Å². The SMILES string of the molecule is CCNc1nnc(-c2sc(C3CCCCC3)nc2C)s1. The summed E-state index contributed by atoms with van der Waals surface area (Å²) in [6.45, 7) is 5.04. The largest absolute Gasteiger partial charge is 0.360 e. The topological polar surface area (TPSA) is 50.7 Å². The number of hydrogen-bond acceptors (Lipinski definition) is 6. The summed E-state index contributed by atoms with van der Waals surface area (Å²) in [5.74, 6) is 0.669. The van der Waals surface area contributed by atoms with Crippen molar-refractivity contribution in [1.29, 1.82) is 0 Å². The molecule has 4 nitrogen and oxygen atoms in total. The quantitative estimate of drug-likeness (QED) is 0.906. The highest BCUT2D eigenvalue weighted by molar-refractivity contribution is 7.23. The van der Waals surface area contributed by atoms with Gasteiger partial charge in [-0.3, -0.25) is 0 Å². The molecule has 1 saturated carbocycles. The number of aromatic nitrogens is 3. The third-order valence-corrected chi connectivity index (χ3v) is 6.07. The molecule has 1 N–H and O–H groups in total. The highest BCUT2D eigenvalue weighted by Gasteiger charge is 2.22. The Bertz CT molecular complexity index is 569. The van der Waals surface area contributed by atoms with Crippen molar-refractivity contribution in [2.45, 2.75) is 51.9 Å². The van der Waals surface area contributed by atoms with Crippen LogP contribution in [0.1, 0.15) is 55.6 Å². The normalized spacial score (nSPS) is 16.5. The Hall–Kier alpha value is -1.01. The minimum atomic E-state index is 0.669. The fourth-order valence-corrected chi connectivity index (χ4v) is 4.85. The first-order valence-corrected chi connectivity index (χ1v) is 8.96. The molecule has 20 heavy (non-hydrogen) atoms. The van der Waals surface area contributed by atoms with E-state index in [-0.39, 0.29) is 0 Å². The van der Waals surface area contributed by atoms with Crippen molar-refractivity contribution in [3.8, 4) is 9.88 Å². The zero-order valence-corrected chi connectivity index (χ0v) is 13.6. The third kappa shape index (κ3) is 2.86. The van der Waals surface area contributed by atoms with Crippen LogP contribution in [-0.4, -0.2) is 21.7 Å². The van der Waals surface area contributed by atoms with E-state index in [1.165, 1.54) is 42.0 Å². The molecule has 1 aliphatic rings. The lowest BCUT2D eigenvalue weighted by molar-refractivity contribution is 0.442. The van der Waals surface area contributed by atoms with Crippen LogP contribution in [0.15, 0.2) is 0 Å². The van der Waals surface area contributed by atoms with Crippen LogP contribution >= 0.6 is 22.7 Å². The molecule has 2 aromatic heterocycles. The van der Waals surface area contributed by atoms with Gasteiger partial charge in [0, 0.05) is 12.5 Å². The Morgan fingerprint density at radius 1 is 1.15 bits per heavy atom. The first kappa shape index (κ1) is 13.9. The van der Waals surface area contributed by atoms with E-state index >= 15 is 0 Å². The van der Waals surface area contributed by atoms with Crippen molar-refractivity contribution in [2.75, 3.05) is 11.9 Å². The van der Waals surface area contributed by atoms with Crippen LogP contribution < -0.4 is 5.32 Å². The maximum absolute atomic E-state index is 4.80. The van der Waals surface area contributed by atoms with E-state index in [1.54, 1.807) is 11.3 Å². The van der Waals surface area contributed by atoms with E-state index in [9.17, 15) is 0 Å². The maximum atomic E-state index is 4.80. The van der Waals surface area contributed by atoms with E-state index in [4.69, 9.17) is 4.98 Å². The van der Waals surface area contributed by atoms with Gasteiger partial charge in [0.15, 0.2) is 5.01 Å². The first-order valence-electron chi connectivity index (χ1n) is 7.33. The molecule has 0 spiro atoms. The van der Waals surface area contributed by atoms with Crippen molar-refractivity contribution in [3.05, 3.63) is 10.7 Å². The summed E-state index contributed by atoms with van der Waals surface area (Å²) >= 11 is 3.44. The van der Waals surface area contributed by atoms with E-state index in [2.05, 4.69) is 29.4 Å². The number of nitrogens with one attached hydrogen (secondary N) is 1. The van der Waals surface area contributed by atoms with Crippen LogP contribution in [0, 0.1) is 6.92 Å². The summed E-state index contributed by atoms with van der Waals surface area (Å²) in [4.78, 5) is 6.00. The highest BCUT2D eigenvalue weighted by Crippen LogP contribution is 2.40. The Balaban J connectivity index is 1.83. The number of nitrogens with zero attached hydrogens (tertiary/aromatic N) is 3. The van der Waals surface area contributed by atoms with Gasteiger partial charge in [0.25, 0.3) is 0 Å². The predicted octanol–water partition coefficient (Wildman–Crippen LogP) is 4.45. The molecule has 3 rings (SSSR count). The summed E-state index contributed by atoms with van der Waals surface area (Å²) in [5, 5.41) is 14.9. The Morgan fingerprint density at radius 3 is 2.70 bits per heavy atom. The van der Waals surface area contributed by atoms with Gasteiger partial charge in [-0.1, -0.05) is 30.6 Å². The molecular weight excluding hydrogens is 288 g/mol. The summed E-state index contributed by atoms with van der Waals surface area (Å²) in [6.07, 6.45) is 6.68. The molecule has 2 heterocycles. The van der Waals surface area contributed by atoms with Gasteiger partial charge in [0.05, 0.1) is 15.6 Å². The van der Waals surface area contributed by atoms with Crippen molar-refractivity contribution in [3.63, 3.8) is 0 Å². The second kappa shape index (κ2) is 6.18. The third-order valence-electron chi connectivity index (χ3n) is 3.71. The number of rotatable bonds is 4. The number of thiazole rings is 1. The molecule has 2 aromatic rings. The first-order chi connectivity index (χ1) is 9.78. The van der Waals surface area contributed by atoms with Gasteiger partial charge in [0.1, 0.15) is 0 Å². The summed E-state index contributed by atoms with van der Waals surface area (Å²) in [7, 11) is 0. The van der Waals surface area contributed by atoms with Gasteiger partial charge in [0.2, 0.25) is 5.13 Å². The van der Waals surface area contributed by atoms with Gasteiger partial charge in [-0.2, -0.15) is 0 Å². The molecule has 0 amide bonds. The van der Waals surface area contributed by atoms with E-state index in [0.717, 1.165) is 22.4 Å². The minimum Gasteiger partial charge on any atom is -0.360 e. The number of aryl methyl sites for hydroxylation is 1. The lowest BCUT2D eigenvalue weighted by Crippen LogP contribution is -2.03. The van der Waals surface area contributed by atoms with E-state index in [0.29, 0.717) is 5.92 Å². The maximum Gasteiger partial charge on any atom is 0.206 e. The summed E-state index contributed by atoms with van der Waals surface area (Å²) in [6, 6.07) is 0. The molecule has 6 heteroatoms. The molecule has 0 bridgehead atoms. The van der Waals surface area contributed by atoms with Gasteiger partial charge >= 0.3 is 0 Å². The second-order valence-corrected chi connectivity index (χ2v) is 7.25. The molecule has 1 aliphatic carbocycles. The standard InChI is InChI=1S/C14H20N4S2/c1-3-15-14-18-17-13(20-14)11-9(2)16-12(19-11)10-7-5-4-6-8-10/h10H,3-8H2,1-2H3,(H,15,18). The average molecular weight is 308 g/mol. The molecule has 0 unspecified atom stereocenters. The molecular formula is C14H20N4S2. The van der Waals surface area contributed by atoms with Gasteiger partial charge < -0.3 is 5.32 Å². The molecule has 1 fully saturated rings. The van der Waals surface area contributed by atoms with Crippen LogP contribution in [0.5, 0.6) is 0 Å². The minimum absolute atomic E-state index is 0.669. The van der Waals surface area contributed by atoms with Crippen LogP contribution in [0.25, 0.3) is 9.88 Å². The van der Waals surface area contributed by atoms with Crippen LogP contribution in [0.3, 0.4) is 0 Å². The van der Waals surface area contributed by atoms with E-state index < -0.39 is 0 Å². The van der Waals surface area contributed by atoms with Gasteiger partial charge in [-0.15, -0.1) is 21.5 Å².